The molecule has 1 heterocycles. The minimum atomic E-state index is -0.222. The van der Waals surface area contributed by atoms with Crippen LogP contribution in [-0.2, 0) is 17.8 Å². The number of hydrogen-bond donors (Lipinski definition) is 0. The molecular formula is C16H13NO2. The van der Waals surface area contributed by atoms with E-state index in [0.717, 1.165) is 11.1 Å². The van der Waals surface area contributed by atoms with Gasteiger partial charge in [0.25, 0.3) is 5.91 Å². The van der Waals surface area contributed by atoms with Gasteiger partial charge in [0.1, 0.15) is 0 Å². The second kappa shape index (κ2) is 4.69. The quantitative estimate of drug-likeness (QED) is 0.730. The van der Waals surface area contributed by atoms with Crippen molar-refractivity contribution in [2.24, 2.45) is 0 Å². The molecule has 2 amide bonds. The number of rotatable bonds is 1. The summed E-state index contributed by atoms with van der Waals surface area (Å²) in [6.07, 6.45) is 0.300. The predicted octanol–water partition coefficient (Wildman–Crippen LogP) is 2.41. The Labute approximate surface area is 111 Å². The molecule has 0 spiro atoms. The van der Waals surface area contributed by atoms with Gasteiger partial charge in [0.05, 0.1) is 13.0 Å². The zero-order valence-electron chi connectivity index (χ0n) is 10.4. The molecule has 0 aliphatic carbocycles. The molecule has 3 heteroatoms. The second-order valence-corrected chi connectivity index (χ2v) is 4.60. The van der Waals surface area contributed by atoms with E-state index in [0.29, 0.717) is 18.5 Å². The lowest BCUT2D eigenvalue weighted by Gasteiger charge is -2.27. The van der Waals surface area contributed by atoms with E-state index in [-0.39, 0.29) is 11.8 Å². The molecule has 0 unspecified atom stereocenters. The van der Waals surface area contributed by atoms with Crippen molar-refractivity contribution in [2.45, 2.75) is 13.0 Å². The molecule has 1 aliphatic heterocycles. The van der Waals surface area contributed by atoms with E-state index in [1.54, 1.807) is 24.3 Å². The van der Waals surface area contributed by atoms with Gasteiger partial charge in [0, 0.05) is 5.56 Å². The zero-order valence-corrected chi connectivity index (χ0v) is 10.4. The molecule has 1 aliphatic rings. The molecular weight excluding hydrogens is 238 g/mol. The van der Waals surface area contributed by atoms with Gasteiger partial charge in [-0.25, -0.2) is 0 Å². The molecule has 0 aromatic heterocycles. The van der Waals surface area contributed by atoms with Crippen molar-refractivity contribution in [3.8, 4) is 0 Å². The van der Waals surface area contributed by atoms with E-state index in [4.69, 9.17) is 0 Å². The maximum absolute atomic E-state index is 12.3. The monoisotopic (exact) mass is 251 g/mol. The molecule has 0 N–H and O–H groups in total. The first-order chi connectivity index (χ1) is 9.25. The number of hydrogen-bond acceptors (Lipinski definition) is 2. The van der Waals surface area contributed by atoms with E-state index >= 15 is 0 Å². The third kappa shape index (κ3) is 2.15. The van der Waals surface area contributed by atoms with Crippen LogP contribution in [0.4, 0.5) is 0 Å². The number of carbonyl (C=O) groups is 2. The van der Waals surface area contributed by atoms with Crippen molar-refractivity contribution in [3.63, 3.8) is 0 Å². The molecule has 0 fully saturated rings. The van der Waals surface area contributed by atoms with Gasteiger partial charge in [0.15, 0.2) is 0 Å². The number of carbonyl (C=O) groups excluding carboxylic acids is 2. The Balaban J connectivity index is 1.91. The van der Waals surface area contributed by atoms with E-state index in [2.05, 4.69) is 0 Å². The first kappa shape index (κ1) is 11.7. The molecule has 3 nitrogen and oxygen atoms in total. The van der Waals surface area contributed by atoms with Crippen LogP contribution in [0.1, 0.15) is 21.5 Å². The molecule has 0 radical (unpaired) electrons. The SMILES string of the molecule is O=C1Cc2ccccc2CN1C(=O)c1ccccc1. The summed E-state index contributed by atoms with van der Waals surface area (Å²) in [4.78, 5) is 25.7. The largest absolute Gasteiger partial charge is 0.274 e. The lowest BCUT2D eigenvalue weighted by atomic mass is 9.98. The Morgan fingerprint density at radius 1 is 0.895 bits per heavy atom. The fourth-order valence-corrected chi connectivity index (χ4v) is 2.32. The van der Waals surface area contributed by atoms with Crippen LogP contribution in [0, 0.1) is 0 Å². The Kier molecular flexibility index (Phi) is 2.88. The van der Waals surface area contributed by atoms with Gasteiger partial charge in [0.2, 0.25) is 5.91 Å². The van der Waals surface area contributed by atoms with Crippen molar-refractivity contribution in [3.05, 3.63) is 71.3 Å². The van der Waals surface area contributed by atoms with E-state index < -0.39 is 0 Å². The summed E-state index contributed by atoms with van der Waals surface area (Å²) in [5.41, 5.74) is 2.62. The highest BCUT2D eigenvalue weighted by molar-refractivity contribution is 6.05. The first-order valence-electron chi connectivity index (χ1n) is 6.22. The smallest absolute Gasteiger partial charge is 0.260 e. The highest BCUT2D eigenvalue weighted by atomic mass is 16.2. The molecule has 0 saturated carbocycles. The third-order valence-electron chi connectivity index (χ3n) is 3.36. The summed E-state index contributed by atoms with van der Waals surface area (Å²) < 4.78 is 0. The van der Waals surface area contributed by atoms with Crippen LogP contribution in [0.15, 0.2) is 54.6 Å². The van der Waals surface area contributed by atoms with Crippen LogP contribution in [0.25, 0.3) is 0 Å². The number of nitrogens with zero attached hydrogens (tertiary/aromatic N) is 1. The topological polar surface area (TPSA) is 37.4 Å². The van der Waals surface area contributed by atoms with Crippen LogP contribution in [0.3, 0.4) is 0 Å². The lowest BCUT2D eigenvalue weighted by molar-refractivity contribution is -0.129. The van der Waals surface area contributed by atoms with Gasteiger partial charge in [-0.15, -0.1) is 0 Å². The van der Waals surface area contributed by atoms with Crippen LogP contribution in [0.5, 0.6) is 0 Å². The molecule has 2 aromatic rings. The van der Waals surface area contributed by atoms with Crippen molar-refractivity contribution in [1.82, 2.24) is 4.90 Å². The summed E-state index contributed by atoms with van der Waals surface area (Å²) in [5.74, 6) is -0.354. The van der Waals surface area contributed by atoms with Gasteiger partial charge in [-0.2, -0.15) is 0 Å². The fourth-order valence-electron chi connectivity index (χ4n) is 2.32. The number of fused-ring (bicyclic) bond motifs is 1. The highest BCUT2D eigenvalue weighted by Gasteiger charge is 2.28. The van der Waals surface area contributed by atoms with E-state index in [9.17, 15) is 9.59 Å². The number of benzene rings is 2. The summed E-state index contributed by atoms with van der Waals surface area (Å²) in [7, 11) is 0. The summed E-state index contributed by atoms with van der Waals surface area (Å²) >= 11 is 0. The molecule has 94 valence electrons. The zero-order chi connectivity index (χ0) is 13.2. The molecule has 0 atom stereocenters. The highest BCUT2D eigenvalue weighted by Crippen LogP contribution is 2.21. The van der Waals surface area contributed by atoms with Gasteiger partial charge < -0.3 is 0 Å². The van der Waals surface area contributed by atoms with Gasteiger partial charge >= 0.3 is 0 Å². The number of amides is 2. The van der Waals surface area contributed by atoms with E-state index in [1.807, 2.05) is 30.3 Å². The molecule has 19 heavy (non-hydrogen) atoms. The van der Waals surface area contributed by atoms with Crippen LogP contribution in [0.2, 0.25) is 0 Å². The summed E-state index contributed by atoms with van der Waals surface area (Å²) in [5, 5.41) is 0. The molecule has 0 saturated heterocycles. The average Bonchev–Trinajstić information content (AvgIpc) is 2.47. The maximum Gasteiger partial charge on any atom is 0.260 e. The molecule has 3 rings (SSSR count). The van der Waals surface area contributed by atoms with Crippen LogP contribution >= 0.6 is 0 Å². The standard InChI is InChI=1S/C16H13NO2/c18-15-10-13-8-4-5-9-14(13)11-17(15)16(19)12-6-2-1-3-7-12/h1-9H,10-11H2. The third-order valence-corrected chi connectivity index (χ3v) is 3.36. The van der Waals surface area contributed by atoms with Gasteiger partial charge in [-0.05, 0) is 23.3 Å². The average molecular weight is 251 g/mol. The van der Waals surface area contributed by atoms with Crippen molar-refractivity contribution < 1.29 is 9.59 Å². The maximum atomic E-state index is 12.3. The first-order valence-corrected chi connectivity index (χ1v) is 6.22. The van der Waals surface area contributed by atoms with Crippen LogP contribution in [-0.4, -0.2) is 16.7 Å². The molecule has 0 bridgehead atoms. The van der Waals surface area contributed by atoms with Crippen molar-refractivity contribution in [2.75, 3.05) is 0 Å². The normalized spacial score (nSPS) is 14.1. The van der Waals surface area contributed by atoms with E-state index in [1.165, 1.54) is 4.90 Å². The summed E-state index contributed by atoms with van der Waals surface area (Å²) in [6, 6.07) is 16.7. The minimum Gasteiger partial charge on any atom is -0.274 e. The minimum absolute atomic E-state index is 0.132. The Hall–Kier alpha value is -2.42. The van der Waals surface area contributed by atoms with Gasteiger partial charge in [-0.1, -0.05) is 42.5 Å². The Bertz CT molecular complexity index is 634. The number of imide groups is 1. The second-order valence-electron chi connectivity index (χ2n) is 4.60. The Morgan fingerprint density at radius 2 is 1.53 bits per heavy atom. The van der Waals surface area contributed by atoms with Crippen LogP contribution < -0.4 is 0 Å². The fraction of sp³-hybridized carbons (Fsp3) is 0.125. The molecule has 2 aromatic carbocycles. The van der Waals surface area contributed by atoms with Crippen molar-refractivity contribution in [1.29, 1.82) is 0 Å². The lowest BCUT2D eigenvalue weighted by Crippen LogP contribution is -2.40. The van der Waals surface area contributed by atoms with Gasteiger partial charge in [-0.3, -0.25) is 14.5 Å². The Morgan fingerprint density at radius 3 is 2.26 bits per heavy atom. The predicted molar refractivity (Wildman–Crippen MR) is 71.5 cm³/mol. The van der Waals surface area contributed by atoms with Crippen molar-refractivity contribution >= 4 is 11.8 Å². The summed E-state index contributed by atoms with van der Waals surface area (Å²) in [6.45, 7) is 0.364.